The first-order valence-corrected chi connectivity index (χ1v) is 5.50. The van der Waals surface area contributed by atoms with E-state index in [1.54, 1.807) is 19.1 Å². The second-order valence-corrected chi connectivity index (χ2v) is 4.08. The predicted molar refractivity (Wildman–Crippen MR) is 67.4 cm³/mol. The van der Waals surface area contributed by atoms with Crippen molar-refractivity contribution in [1.82, 2.24) is 10.2 Å². The largest absolute Gasteiger partial charge is 0.322 e. The van der Waals surface area contributed by atoms with Gasteiger partial charge < -0.3 is 5.32 Å². The molecule has 0 saturated carbocycles. The lowest BCUT2D eigenvalue weighted by molar-refractivity contribution is 0.102. The molecule has 1 heterocycles. The van der Waals surface area contributed by atoms with Crippen LogP contribution in [-0.4, -0.2) is 16.1 Å². The molecule has 0 spiro atoms. The lowest BCUT2D eigenvalue weighted by atomic mass is 10.2. The number of carbonyl (C=O) groups is 1. The Hall–Kier alpha value is -2.32. The minimum Gasteiger partial charge on any atom is -0.322 e. The molecule has 0 saturated heterocycles. The number of aromatic amines is 1. The molecule has 0 aliphatic carbocycles. The number of nitrogens with one attached hydrogen (secondary N) is 2. The third-order valence-electron chi connectivity index (χ3n) is 2.42. The molecule has 0 atom stereocenters. The molecule has 90 valence electrons. The minimum atomic E-state index is -0.285. The van der Waals surface area contributed by atoms with Gasteiger partial charge in [0.05, 0.1) is 22.3 Å². The van der Waals surface area contributed by atoms with Crippen LogP contribution in [0.25, 0.3) is 0 Å². The Bertz CT molecular complexity index is 642. The quantitative estimate of drug-likeness (QED) is 0.870. The van der Waals surface area contributed by atoms with Crippen LogP contribution in [0.15, 0.2) is 24.4 Å². The summed E-state index contributed by atoms with van der Waals surface area (Å²) in [5, 5.41) is 18.3. The van der Waals surface area contributed by atoms with Crippen molar-refractivity contribution in [3.05, 3.63) is 46.2 Å². The number of carbonyl (C=O) groups excluding carboxylic acids is 1. The van der Waals surface area contributed by atoms with Crippen molar-refractivity contribution in [2.75, 3.05) is 5.32 Å². The summed E-state index contributed by atoms with van der Waals surface area (Å²) < 4.78 is 0. The summed E-state index contributed by atoms with van der Waals surface area (Å²) >= 11 is 5.81. The van der Waals surface area contributed by atoms with Gasteiger partial charge in [-0.3, -0.25) is 9.89 Å². The molecule has 1 amide bonds. The van der Waals surface area contributed by atoms with Crippen molar-refractivity contribution >= 4 is 23.2 Å². The predicted octanol–water partition coefficient (Wildman–Crippen LogP) is 2.50. The summed E-state index contributed by atoms with van der Waals surface area (Å²) in [6.07, 6.45) is 1.45. The summed E-state index contributed by atoms with van der Waals surface area (Å²) in [6.45, 7) is 1.75. The van der Waals surface area contributed by atoms with E-state index >= 15 is 0 Å². The second-order valence-electron chi connectivity index (χ2n) is 3.67. The Morgan fingerprint density at radius 3 is 2.94 bits per heavy atom. The number of halogens is 1. The van der Waals surface area contributed by atoms with Gasteiger partial charge >= 0.3 is 0 Å². The van der Waals surface area contributed by atoms with Gasteiger partial charge in [0.25, 0.3) is 5.91 Å². The highest BCUT2D eigenvalue weighted by molar-refractivity contribution is 6.31. The molecule has 0 unspecified atom stereocenters. The highest BCUT2D eigenvalue weighted by Crippen LogP contribution is 2.20. The topological polar surface area (TPSA) is 81.6 Å². The molecule has 18 heavy (non-hydrogen) atoms. The maximum Gasteiger partial charge on any atom is 0.259 e. The summed E-state index contributed by atoms with van der Waals surface area (Å²) in [5.41, 5.74) is 1.98. The molecule has 2 aromatic rings. The van der Waals surface area contributed by atoms with E-state index in [1.165, 1.54) is 12.3 Å². The molecule has 6 heteroatoms. The molecular weight excluding hydrogens is 252 g/mol. The van der Waals surface area contributed by atoms with E-state index in [0.29, 0.717) is 27.5 Å². The molecule has 0 aliphatic rings. The van der Waals surface area contributed by atoms with E-state index < -0.39 is 0 Å². The Labute approximate surface area is 108 Å². The van der Waals surface area contributed by atoms with Crippen LogP contribution in [0.1, 0.15) is 21.6 Å². The maximum atomic E-state index is 11.9. The van der Waals surface area contributed by atoms with Crippen LogP contribution in [-0.2, 0) is 0 Å². The summed E-state index contributed by atoms with van der Waals surface area (Å²) in [6, 6.07) is 6.68. The zero-order valence-corrected chi connectivity index (χ0v) is 10.2. The Kier molecular flexibility index (Phi) is 3.31. The van der Waals surface area contributed by atoms with Crippen molar-refractivity contribution in [3.8, 4) is 6.07 Å². The highest BCUT2D eigenvalue weighted by Gasteiger charge is 2.11. The number of hydrogen-bond donors (Lipinski definition) is 2. The van der Waals surface area contributed by atoms with Gasteiger partial charge in [0.1, 0.15) is 6.07 Å². The van der Waals surface area contributed by atoms with Crippen LogP contribution < -0.4 is 5.32 Å². The van der Waals surface area contributed by atoms with E-state index in [2.05, 4.69) is 15.5 Å². The first kappa shape index (κ1) is 12.1. The monoisotopic (exact) mass is 260 g/mol. The van der Waals surface area contributed by atoms with Gasteiger partial charge in [0.15, 0.2) is 0 Å². The smallest absolute Gasteiger partial charge is 0.259 e. The van der Waals surface area contributed by atoms with E-state index in [4.69, 9.17) is 16.9 Å². The number of H-pyrrole nitrogens is 1. The van der Waals surface area contributed by atoms with Crippen molar-refractivity contribution < 1.29 is 4.79 Å². The lowest BCUT2D eigenvalue weighted by Gasteiger charge is -2.05. The van der Waals surface area contributed by atoms with E-state index in [-0.39, 0.29) is 5.91 Å². The molecule has 5 nitrogen and oxygen atoms in total. The van der Waals surface area contributed by atoms with Gasteiger partial charge in [0.2, 0.25) is 0 Å². The Morgan fingerprint density at radius 2 is 2.33 bits per heavy atom. The minimum absolute atomic E-state index is 0.285. The van der Waals surface area contributed by atoms with Crippen LogP contribution in [0.2, 0.25) is 5.02 Å². The first-order chi connectivity index (χ1) is 8.61. The van der Waals surface area contributed by atoms with Crippen molar-refractivity contribution in [1.29, 1.82) is 5.26 Å². The number of rotatable bonds is 2. The van der Waals surface area contributed by atoms with E-state index in [0.717, 1.165) is 0 Å². The van der Waals surface area contributed by atoms with Crippen molar-refractivity contribution in [2.24, 2.45) is 0 Å². The molecule has 2 N–H and O–H groups in total. The standard InChI is InChI=1S/C12H9ClN4O/c1-7-10(6-15-17-7)12(18)16-9-2-3-11(13)8(4-9)5-14/h2-4,6H,1H3,(H,15,17)(H,16,18). The molecular formula is C12H9ClN4O. The van der Waals surface area contributed by atoms with E-state index in [9.17, 15) is 4.79 Å². The van der Waals surface area contributed by atoms with Gasteiger partial charge in [-0.15, -0.1) is 0 Å². The lowest BCUT2D eigenvalue weighted by Crippen LogP contribution is -2.12. The zero-order chi connectivity index (χ0) is 13.1. The fraction of sp³-hybridized carbons (Fsp3) is 0.0833. The molecule has 1 aromatic carbocycles. The first-order valence-electron chi connectivity index (χ1n) is 5.13. The van der Waals surface area contributed by atoms with Gasteiger partial charge in [-0.2, -0.15) is 10.4 Å². The van der Waals surface area contributed by atoms with Gasteiger partial charge in [-0.05, 0) is 25.1 Å². The number of anilines is 1. The van der Waals surface area contributed by atoms with Gasteiger partial charge in [-0.25, -0.2) is 0 Å². The number of aromatic nitrogens is 2. The number of benzene rings is 1. The second kappa shape index (κ2) is 4.90. The fourth-order valence-corrected chi connectivity index (χ4v) is 1.63. The zero-order valence-electron chi connectivity index (χ0n) is 9.49. The molecule has 1 aromatic heterocycles. The maximum absolute atomic E-state index is 11.9. The SMILES string of the molecule is Cc1[nH]ncc1C(=O)Nc1ccc(Cl)c(C#N)c1. The van der Waals surface area contributed by atoms with Gasteiger partial charge in [-0.1, -0.05) is 11.6 Å². The average molecular weight is 261 g/mol. The van der Waals surface area contributed by atoms with Crippen LogP contribution >= 0.6 is 11.6 Å². The molecule has 2 rings (SSSR count). The van der Waals surface area contributed by atoms with Crippen LogP contribution in [0.3, 0.4) is 0 Å². The number of amides is 1. The average Bonchev–Trinajstić information content (AvgIpc) is 2.78. The normalized spacial score (nSPS) is 9.83. The molecule has 0 radical (unpaired) electrons. The summed E-state index contributed by atoms with van der Waals surface area (Å²) in [4.78, 5) is 11.9. The summed E-state index contributed by atoms with van der Waals surface area (Å²) in [7, 11) is 0. The van der Waals surface area contributed by atoms with Crippen molar-refractivity contribution in [2.45, 2.75) is 6.92 Å². The molecule has 0 aliphatic heterocycles. The Morgan fingerprint density at radius 1 is 1.56 bits per heavy atom. The third kappa shape index (κ3) is 2.34. The fourth-order valence-electron chi connectivity index (χ4n) is 1.47. The third-order valence-corrected chi connectivity index (χ3v) is 2.75. The van der Waals surface area contributed by atoms with E-state index in [1.807, 2.05) is 6.07 Å². The van der Waals surface area contributed by atoms with Crippen LogP contribution in [0, 0.1) is 18.3 Å². The Balaban J connectivity index is 2.23. The number of nitriles is 1. The van der Waals surface area contributed by atoms with Gasteiger partial charge in [0, 0.05) is 11.4 Å². The number of hydrogen-bond acceptors (Lipinski definition) is 3. The van der Waals surface area contributed by atoms with Crippen LogP contribution in [0.5, 0.6) is 0 Å². The molecule has 0 fully saturated rings. The molecule has 0 bridgehead atoms. The summed E-state index contributed by atoms with van der Waals surface area (Å²) in [5.74, 6) is -0.285. The highest BCUT2D eigenvalue weighted by atomic mass is 35.5. The van der Waals surface area contributed by atoms with Crippen molar-refractivity contribution in [3.63, 3.8) is 0 Å². The number of nitrogens with zero attached hydrogens (tertiary/aromatic N) is 2. The number of aryl methyl sites for hydroxylation is 1. The van der Waals surface area contributed by atoms with Crippen LogP contribution in [0.4, 0.5) is 5.69 Å².